The van der Waals surface area contributed by atoms with E-state index in [0.29, 0.717) is 0 Å². The van der Waals surface area contributed by atoms with E-state index < -0.39 is 0 Å². The van der Waals surface area contributed by atoms with Crippen LogP contribution in [0.5, 0.6) is 0 Å². The van der Waals surface area contributed by atoms with Crippen LogP contribution in [0.4, 0.5) is 5.69 Å². The van der Waals surface area contributed by atoms with Crippen LogP contribution in [0.2, 0.25) is 0 Å². The van der Waals surface area contributed by atoms with Gasteiger partial charge in [-0.25, -0.2) is 0 Å². The molecule has 3 nitrogen and oxygen atoms in total. The molecule has 3 N–H and O–H groups in total. The molecule has 1 heterocycles. The van der Waals surface area contributed by atoms with E-state index in [-0.39, 0.29) is 6.61 Å². The third-order valence-electron chi connectivity index (χ3n) is 2.49. The number of aliphatic hydroxyl groups excluding tert-OH is 1. The lowest BCUT2D eigenvalue weighted by Crippen LogP contribution is -1.99. The third-order valence-corrected chi connectivity index (χ3v) is 2.49. The molecule has 14 heavy (non-hydrogen) atoms. The van der Waals surface area contributed by atoms with E-state index >= 15 is 0 Å². The van der Waals surface area contributed by atoms with Crippen molar-refractivity contribution < 1.29 is 5.11 Å². The van der Waals surface area contributed by atoms with Crippen molar-refractivity contribution in [3.8, 4) is 0 Å². The van der Waals surface area contributed by atoms with Crippen molar-refractivity contribution in [1.29, 1.82) is 0 Å². The number of benzene rings is 1. The summed E-state index contributed by atoms with van der Waals surface area (Å²) in [5.41, 5.74) is 8.51. The summed E-state index contributed by atoms with van der Waals surface area (Å²) in [6.45, 7) is 2.98. The van der Waals surface area contributed by atoms with Crippen LogP contribution >= 0.6 is 0 Å². The highest BCUT2D eigenvalue weighted by molar-refractivity contribution is 5.84. The number of nitrogen functional groups attached to an aromatic ring is 1. The van der Waals surface area contributed by atoms with Gasteiger partial charge in [-0.1, -0.05) is 6.07 Å². The highest BCUT2D eigenvalue weighted by Crippen LogP contribution is 2.22. The molecule has 0 bridgehead atoms. The second-order valence-corrected chi connectivity index (χ2v) is 3.36. The maximum atomic E-state index is 9.17. The first-order valence-electron chi connectivity index (χ1n) is 4.74. The van der Waals surface area contributed by atoms with Gasteiger partial charge in [-0.15, -0.1) is 0 Å². The summed E-state index contributed by atoms with van der Waals surface area (Å²) in [5, 5.41) is 10.3. The van der Waals surface area contributed by atoms with Gasteiger partial charge in [-0.05, 0) is 25.1 Å². The van der Waals surface area contributed by atoms with Crippen molar-refractivity contribution in [2.24, 2.45) is 0 Å². The lowest BCUT2D eigenvalue weighted by Gasteiger charge is -2.05. The topological polar surface area (TPSA) is 51.2 Å². The number of aliphatic hydroxyl groups is 1. The first-order chi connectivity index (χ1) is 6.76. The molecule has 0 atom stereocenters. The molecule has 0 unspecified atom stereocenters. The molecule has 0 fully saturated rings. The molecular weight excluding hydrogens is 176 g/mol. The maximum absolute atomic E-state index is 9.17. The van der Waals surface area contributed by atoms with Crippen LogP contribution in [0.1, 0.15) is 12.6 Å². The summed E-state index contributed by atoms with van der Waals surface area (Å²) >= 11 is 0. The molecule has 0 saturated carbocycles. The number of anilines is 1. The van der Waals surface area contributed by atoms with Gasteiger partial charge in [-0.2, -0.15) is 0 Å². The van der Waals surface area contributed by atoms with E-state index in [9.17, 15) is 0 Å². The average molecular weight is 190 g/mol. The Bertz CT molecular complexity index is 460. The number of hydrogen-bond acceptors (Lipinski definition) is 2. The van der Waals surface area contributed by atoms with Gasteiger partial charge in [0.15, 0.2) is 0 Å². The SMILES string of the molecule is CCn1c(CO)cc2ccc(N)cc21. The summed E-state index contributed by atoms with van der Waals surface area (Å²) in [7, 11) is 0. The zero-order valence-corrected chi connectivity index (χ0v) is 8.20. The largest absolute Gasteiger partial charge is 0.399 e. The normalized spacial score (nSPS) is 11.0. The molecular formula is C11H14N2O. The maximum Gasteiger partial charge on any atom is 0.0833 e. The number of fused-ring (bicyclic) bond motifs is 1. The summed E-state index contributed by atoms with van der Waals surface area (Å²) in [4.78, 5) is 0. The summed E-state index contributed by atoms with van der Waals surface area (Å²) < 4.78 is 2.08. The van der Waals surface area contributed by atoms with E-state index in [0.717, 1.165) is 28.8 Å². The third kappa shape index (κ3) is 1.26. The highest BCUT2D eigenvalue weighted by Gasteiger charge is 2.06. The number of rotatable bonds is 2. The van der Waals surface area contributed by atoms with Crippen molar-refractivity contribution in [3.05, 3.63) is 30.0 Å². The van der Waals surface area contributed by atoms with Crippen molar-refractivity contribution >= 4 is 16.6 Å². The second-order valence-electron chi connectivity index (χ2n) is 3.36. The van der Waals surface area contributed by atoms with Gasteiger partial charge in [0.05, 0.1) is 12.1 Å². The monoisotopic (exact) mass is 190 g/mol. The zero-order valence-electron chi connectivity index (χ0n) is 8.20. The smallest absolute Gasteiger partial charge is 0.0833 e. The van der Waals surface area contributed by atoms with Crippen LogP contribution in [0.15, 0.2) is 24.3 Å². The molecule has 1 aromatic carbocycles. The van der Waals surface area contributed by atoms with E-state index in [1.807, 2.05) is 24.3 Å². The van der Waals surface area contributed by atoms with Gasteiger partial charge in [-0.3, -0.25) is 0 Å². The first-order valence-corrected chi connectivity index (χ1v) is 4.74. The summed E-state index contributed by atoms with van der Waals surface area (Å²) in [6, 6.07) is 7.80. The summed E-state index contributed by atoms with van der Waals surface area (Å²) in [5.74, 6) is 0. The zero-order chi connectivity index (χ0) is 10.1. The highest BCUT2D eigenvalue weighted by atomic mass is 16.3. The molecule has 2 aromatic rings. The Hall–Kier alpha value is -1.48. The van der Waals surface area contributed by atoms with Gasteiger partial charge in [0.25, 0.3) is 0 Å². The van der Waals surface area contributed by atoms with E-state index in [1.165, 1.54) is 0 Å². The van der Waals surface area contributed by atoms with E-state index in [1.54, 1.807) is 0 Å². The Kier molecular flexibility index (Phi) is 2.17. The van der Waals surface area contributed by atoms with Gasteiger partial charge in [0, 0.05) is 23.3 Å². The Morgan fingerprint density at radius 1 is 1.36 bits per heavy atom. The van der Waals surface area contributed by atoms with Crippen LogP contribution in [-0.4, -0.2) is 9.67 Å². The molecule has 0 amide bonds. The molecule has 0 radical (unpaired) electrons. The van der Waals surface area contributed by atoms with Crippen molar-refractivity contribution in [2.45, 2.75) is 20.1 Å². The lowest BCUT2D eigenvalue weighted by atomic mass is 10.2. The quantitative estimate of drug-likeness (QED) is 0.709. The molecule has 0 saturated heterocycles. The molecule has 0 aliphatic heterocycles. The minimum absolute atomic E-state index is 0.0718. The van der Waals surface area contributed by atoms with E-state index in [2.05, 4.69) is 11.5 Å². The van der Waals surface area contributed by atoms with Gasteiger partial charge in [0.1, 0.15) is 0 Å². The summed E-state index contributed by atoms with van der Waals surface area (Å²) in [6.07, 6.45) is 0. The Labute approximate surface area is 82.8 Å². The minimum atomic E-state index is 0.0718. The average Bonchev–Trinajstić information content (AvgIpc) is 2.54. The van der Waals surface area contributed by atoms with Crippen LogP contribution in [0, 0.1) is 0 Å². The minimum Gasteiger partial charge on any atom is -0.399 e. The van der Waals surface area contributed by atoms with Gasteiger partial charge in [0.2, 0.25) is 0 Å². The molecule has 0 aliphatic carbocycles. The Morgan fingerprint density at radius 3 is 2.79 bits per heavy atom. The van der Waals surface area contributed by atoms with Crippen LogP contribution in [-0.2, 0) is 13.2 Å². The van der Waals surface area contributed by atoms with Crippen molar-refractivity contribution in [3.63, 3.8) is 0 Å². The fourth-order valence-electron chi connectivity index (χ4n) is 1.83. The molecule has 0 spiro atoms. The molecule has 0 aliphatic rings. The Morgan fingerprint density at radius 2 is 2.14 bits per heavy atom. The predicted octanol–water partition coefficient (Wildman–Crippen LogP) is 1.74. The van der Waals surface area contributed by atoms with Crippen molar-refractivity contribution in [1.82, 2.24) is 4.57 Å². The number of hydrogen-bond donors (Lipinski definition) is 2. The number of aryl methyl sites for hydroxylation is 1. The number of nitrogens with zero attached hydrogens (tertiary/aromatic N) is 1. The molecule has 1 aromatic heterocycles. The van der Waals surface area contributed by atoms with Crippen molar-refractivity contribution in [2.75, 3.05) is 5.73 Å². The fourth-order valence-corrected chi connectivity index (χ4v) is 1.83. The van der Waals surface area contributed by atoms with Crippen LogP contribution in [0.25, 0.3) is 10.9 Å². The van der Waals surface area contributed by atoms with Gasteiger partial charge < -0.3 is 15.4 Å². The lowest BCUT2D eigenvalue weighted by molar-refractivity contribution is 0.272. The number of aromatic nitrogens is 1. The standard InChI is InChI=1S/C11H14N2O/c1-2-13-10(7-14)5-8-3-4-9(12)6-11(8)13/h3-6,14H,2,7,12H2,1H3. The molecule has 74 valence electrons. The second kappa shape index (κ2) is 3.35. The molecule has 2 rings (SSSR count). The first kappa shape index (κ1) is 9.09. The van der Waals surface area contributed by atoms with Crippen LogP contribution < -0.4 is 5.73 Å². The Balaban J connectivity index is 2.74. The van der Waals surface area contributed by atoms with Gasteiger partial charge >= 0.3 is 0 Å². The molecule has 3 heteroatoms. The number of nitrogens with two attached hydrogens (primary N) is 1. The predicted molar refractivity (Wildman–Crippen MR) is 57.9 cm³/mol. The van der Waals surface area contributed by atoms with Crippen LogP contribution in [0.3, 0.4) is 0 Å². The fraction of sp³-hybridized carbons (Fsp3) is 0.273. The van der Waals surface area contributed by atoms with E-state index in [4.69, 9.17) is 10.8 Å².